The maximum atomic E-state index is 5.41. The van der Waals surface area contributed by atoms with E-state index < -0.39 is 0 Å². The van der Waals surface area contributed by atoms with Gasteiger partial charge in [-0.3, -0.25) is 4.90 Å². The molecule has 1 rings (SSSR count). The van der Waals surface area contributed by atoms with Crippen LogP contribution in [0, 0.1) is 0 Å². The van der Waals surface area contributed by atoms with E-state index in [0.29, 0.717) is 6.04 Å². The van der Waals surface area contributed by atoms with Crippen LogP contribution in [0.5, 0.6) is 0 Å². The quantitative estimate of drug-likeness (QED) is 0.741. The van der Waals surface area contributed by atoms with Crippen molar-refractivity contribution in [2.75, 3.05) is 33.4 Å². The number of ether oxygens (including phenoxy) is 1. The van der Waals surface area contributed by atoms with Gasteiger partial charge >= 0.3 is 0 Å². The van der Waals surface area contributed by atoms with E-state index >= 15 is 0 Å². The number of likely N-dealkylation sites (tertiary alicyclic amines) is 1. The Bertz CT molecular complexity index is 198. The van der Waals surface area contributed by atoms with Crippen LogP contribution in [0.3, 0.4) is 0 Å². The van der Waals surface area contributed by atoms with Crippen molar-refractivity contribution in [3.8, 4) is 0 Å². The minimum absolute atomic E-state index is 0.229. The number of nitrogens with one attached hydrogen (secondary N) is 1. The van der Waals surface area contributed by atoms with E-state index in [4.69, 9.17) is 4.74 Å². The normalized spacial score (nSPS) is 23.3. The summed E-state index contributed by atoms with van der Waals surface area (Å²) < 4.78 is 5.41. The van der Waals surface area contributed by atoms with Crippen molar-refractivity contribution < 1.29 is 4.74 Å². The Hall–Kier alpha value is -0.120. The number of nitrogens with zero attached hydrogens (tertiary/aromatic N) is 1. The molecule has 0 aliphatic carbocycles. The summed E-state index contributed by atoms with van der Waals surface area (Å²) in [4.78, 5) is 2.67. The van der Waals surface area contributed by atoms with Gasteiger partial charge in [-0.15, -0.1) is 0 Å². The van der Waals surface area contributed by atoms with Crippen LogP contribution < -0.4 is 5.32 Å². The average Bonchev–Trinajstić information content (AvgIpc) is 2.38. The molecule has 0 amide bonds. The zero-order valence-corrected chi connectivity index (χ0v) is 12.1. The maximum absolute atomic E-state index is 5.41. The first kappa shape index (κ1) is 14.9. The molecule has 1 fully saturated rings. The Balaban J connectivity index is 2.73. The second-order valence-corrected chi connectivity index (χ2v) is 5.32. The Kier molecular flexibility index (Phi) is 6.45. The SMILES string of the molecule is CCNC(COC)C(C)(CC)N1CCCCC1. The predicted molar refractivity (Wildman–Crippen MR) is 73.5 cm³/mol. The van der Waals surface area contributed by atoms with Crippen molar-refractivity contribution in [3.63, 3.8) is 0 Å². The Morgan fingerprint density at radius 1 is 1.24 bits per heavy atom. The van der Waals surface area contributed by atoms with Crippen LogP contribution in [0.25, 0.3) is 0 Å². The monoisotopic (exact) mass is 242 g/mol. The zero-order chi connectivity index (χ0) is 12.7. The number of rotatable bonds is 7. The highest BCUT2D eigenvalue weighted by Gasteiger charge is 2.38. The summed E-state index contributed by atoms with van der Waals surface area (Å²) in [6, 6.07) is 0.431. The topological polar surface area (TPSA) is 24.5 Å². The Labute approximate surface area is 107 Å². The average molecular weight is 242 g/mol. The van der Waals surface area contributed by atoms with Crippen molar-refractivity contribution in [1.29, 1.82) is 0 Å². The van der Waals surface area contributed by atoms with E-state index in [2.05, 4.69) is 31.0 Å². The molecule has 0 spiro atoms. The van der Waals surface area contributed by atoms with Crippen LogP contribution in [-0.2, 0) is 4.74 Å². The fourth-order valence-corrected chi connectivity index (χ4v) is 2.97. The second kappa shape index (κ2) is 7.34. The Morgan fingerprint density at radius 3 is 2.35 bits per heavy atom. The van der Waals surface area contributed by atoms with Gasteiger partial charge in [0.15, 0.2) is 0 Å². The van der Waals surface area contributed by atoms with Gasteiger partial charge in [-0.05, 0) is 45.8 Å². The molecule has 0 bridgehead atoms. The lowest BCUT2D eigenvalue weighted by Gasteiger charge is -2.48. The van der Waals surface area contributed by atoms with Crippen molar-refractivity contribution in [3.05, 3.63) is 0 Å². The van der Waals surface area contributed by atoms with Gasteiger partial charge in [-0.25, -0.2) is 0 Å². The predicted octanol–water partition coefficient (Wildman–Crippen LogP) is 2.27. The van der Waals surface area contributed by atoms with Gasteiger partial charge in [-0.1, -0.05) is 20.3 Å². The summed E-state index contributed by atoms with van der Waals surface area (Å²) in [5.74, 6) is 0. The first-order valence-electron chi connectivity index (χ1n) is 7.16. The molecule has 2 unspecified atom stereocenters. The third-order valence-electron chi connectivity index (χ3n) is 4.33. The van der Waals surface area contributed by atoms with E-state index in [1.165, 1.54) is 38.8 Å². The van der Waals surface area contributed by atoms with E-state index in [0.717, 1.165) is 13.2 Å². The van der Waals surface area contributed by atoms with Crippen LogP contribution in [0.1, 0.15) is 46.5 Å². The lowest BCUT2D eigenvalue weighted by molar-refractivity contribution is 0.0140. The number of methoxy groups -OCH3 is 1. The smallest absolute Gasteiger partial charge is 0.0633 e. The fourth-order valence-electron chi connectivity index (χ4n) is 2.97. The lowest BCUT2D eigenvalue weighted by Crippen LogP contribution is -2.62. The minimum Gasteiger partial charge on any atom is -0.383 e. The molecule has 0 aromatic rings. The molecular formula is C14H30N2O. The third-order valence-corrected chi connectivity index (χ3v) is 4.33. The van der Waals surface area contributed by atoms with Gasteiger partial charge in [-0.2, -0.15) is 0 Å². The van der Waals surface area contributed by atoms with Crippen LogP contribution in [0.2, 0.25) is 0 Å². The zero-order valence-electron chi connectivity index (χ0n) is 12.1. The van der Waals surface area contributed by atoms with Crippen LogP contribution >= 0.6 is 0 Å². The number of hydrogen-bond acceptors (Lipinski definition) is 3. The number of likely N-dealkylation sites (N-methyl/N-ethyl adjacent to an activating group) is 1. The molecule has 3 nitrogen and oxygen atoms in total. The van der Waals surface area contributed by atoms with Gasteiger partial charge in [0.2, 0.25) is 0 Å². The van der Waals surface area contributed by atoms with Crippen LogP contribution in [0.15, 0.2) is 0 Å². The first-order valence-corrected chi connectivity index (χ1v) is 7.16. The number of hydrogen-bond donors (Lipinski definition) is 1. The molecule has 102 valence electrons. The molecule has 0 saturated carbocycles. The van der Waals surface area contributed by atoms with Crippen molar-refractivity contribution >= 4 is 0 Å². The largest absolute Gasteiger partial charge is 0.383 e. The van der Waals surface area contributed by atoms with Crippen LogP contribution in [-0.4, -0.2) is 49.8 Å². The summed E-state index contributed by atoms with van der Waals surface area (Å²) in [5, 5.41) is 3.61. The minimum atomic E-state index is 0.229. The fraction of sp³-hybridized carbons (Fsp3) is 1.00. The lowest BCUT2D eigenvalue weighted by atomic mass is 9.85. The standard InChI is InChI=1S/C14H30N2O/c1-5-14(3,13(12-17-4)15-6-2)16-10-8-7-9-11-16/h13,15H,5-12H2,1-4H3. The molecule has 17 heavy (non-hydrogen) atoms. The molecule has 3 heteroatoms. The van der Waals surface area contributed by atoms with Gasteiger partial charge in [0, 0.05) is 18.7 Å². The van der Waals surface area contributed by atoms with Gasteiger partial charge in [0.1, 0.15) is 0 Å². The highest BCUT2D eigenvalue weighted by molar-refractivity contribution is 4.97. The molecule has 0 radical (unpaired) electrons. The van der Waals surface area contributed by atoms with Gasteiger partial charge < -0.3 is 10.1 Å². The highest BCUT2D eigenvalue weighted by atomic mass is 16.5. The molecular weight excluding hydrogens is 212 g/mol. The van der Waals surface area contributed by atoms with E-state index in [-0.39, 0.29) is 5.54 Å². The summed E-state index contributed by atoms with van der Waals surface area (Å²) in [5.41, 5.74) is 0.229. The van der Waals surface area contributed by atoms with Crippen molar-refractivity contribution in [2.45, 2.75) is 58.0 Å². The van der Waals surface area contributed by atoms with Gasteiger partial charge in [0.25, 0.3) is 0 Å². The van der Waals surface area contributed by atoms with E-state index in [1.54, 1.807) is 7.11 Å². The first-order chi connectivity index (χ1) is 8.19. The maximum Gasteiger partial charge on any atom is 0.0633 e. The summed E-state index contributed by atoms with van der Waals surface area (Å²) >= 11 is 0. The molecule has 1 heterocycles. The van der Waals surface area contributed by atoms with Crippen molar-refractivity contribution in [2.24, 2.45) is 0 Å². The molecule has 0 aromatic heterocycles. The molecule has 1 aliphatic heterocycles. The van der Waals surface area contributed by atoms with E-state index in [1.807, 2.05) is 0 Å². The molecule has 1 N–H and O–H groups in total. The second-order valence-electron chi connectivity index (χ2n) is 5.32. The molecule has 0 aromatic carbocycles. The molecule has 1 saturated heterocycles. The van der Waals surface area contributed by atoms with E-state index in [9.17, 15) is 0 Å². The molecule has 2 atom stereocenters. The van der Waals surface area contributed by atoms with Gasteiger partial charge in [0.05, 0.1) is 6.61 Å². The third kappa shape index (κ3) is 3.67. The van der Waals surface area contributed by atoms with Crippen molar-refractivity contribution in [1.82, 2.24) is 10.2 Å². The number of piperidine rings is 1. The summed E-state index contributed by atoms with van der Waals surface area (Å²) in [7, 11) is 1.80. The highest BCUT2D eigenvalue weighted by Crippen LogP contribution is 2.27. The Morgan fingerprint density at radius 2 is 1.88 bits per heavy atom. The summed E-state index contributed by atoms with van der Waals surface area (Å²) in [6.07, 6.45) is 5.27. The summed E-state index contributed by atoms with van der Waals surface area (Å²) in [6.45, 7) is 11.2. The molecule has 1 aliphatic rings. The van der Waals surface area contributed by atoms with Crippen LogP contribution in [0.4, 0.5) is 0 Å².